The third-order valence-corrected chi connectivity index (χ3v) is 5.58. The summed E-state index contributed by atoms with van der Waals surface area (Å²) in [6.45, 7) is 8.08. The number of benzene rings is 2. The molecule has 2 aromatic carbocycles. The average Bonchev–Trinajstić information content (AvgIpc) is 3.41. The summed E-state index contributed by atoms with van der Waals surface area (Å²) in [6.07, 6.45) is 7.02. The van der Waals surface area contributed by atoms with Crippen molar-refractivity contribution in [3.8, 4) is 5.75 Å². The minimum atomic E-state index is 0.729. The van der Waals surface area contributed by atoms with Crippen LogP contribution in [-0.4, -0.2) is 33.9 Å². The molecule has 1 aromatic heterocycles. The van der Waals surface area contributed by atoms with Crippen LogP contribution in [0.5, 0.6) is 5.75 Å². The fourth-order valence-corrected chi connectivity index (χ4v) is 3.91. The van der Waals surface area contributed by atoms with E-state index in [0.29, 0.717) is 0 Å². The zero-order valence-electron chi connectivity index (χ0n) is 19.4. The smallest absolute Gasteiger partial charge is 0.154 e. The molecule has 6 nitrogen and oxygen atoms in total. The van der Waals surface area contributed by atoms with E-state index >= 15 is 0 Å². The molecule has 1 aliphatic rings. The predicted molar refractivity (Wildman–Crippen MR) is 132 cm³/mol. The monoisotopic (exact) mass is 429 g/mol. The number of H-pyrrole nitrogens is 1. The molecule has 0 unspecified atom stereocenters. The highest BCUT2D eigenvalue weighted by molar-refractivity contribution is 6.04. The van der Waals surface area contributed by atoms with Crippen LogP contribution in [0.1, 0.15) is 51.2 Å². The summed E-state index contributed by atoms with van der Waals surface area (Å²) in [4.78, 5) is 12.3. The van der Waals surface area contributed by atoms with Crippen molar-refractivity contribution in [1.29, 1.82) is 0 Å². The van der Waals surface area contributed by atoms with Gasteiger partial charge in [-0.25, -0.2) is 9.98 Å². The first-order valence-electron chi connectivity index (χ1n) is 11.2. The molecule has 3 aromatic rings. The Bertz CT molecular complexity index is 1180. The number of unbranched alkanes of at least 4 members (excludes halogenated alkanes) is 1. The summed E-state index contributed by atoms with van der Waals surface area (Å²) in [5.74, 6) is 2.72. The second-order valence-electron chi connectivity index (χ2n) is 8.46. The summed E-state index contributed by atoms with van der Waals surface area (Å²) >= 11 is 0. The first-order chi connectivity index (χ1) is 15.6. The number of aliphatic imine (C=N–C) groups is 2. The Morgan fingerprint density at radius 3 is 2.78 bits per heavy atom. The molecule has 0 amide bonds. The molecule has 0 fully saturated rings. The van der Waals surface area contributed by atoms with Crippen molar-refractivity contribution in [2.24, 2.45) is 9.98 Å². The number of aromatic nitrogens is 2. The van der Waals surface area contributed by atoms with Gasteiger partial charge in [0, 0.05) is 24.9 Å². The van der Waals surface area contributed by atoms with Crippen molar-refractivity contribution in [3.63, 3.8) is 0 Å². The van der Waals surface area contributed by atoms with Gasteiger partial charge >= 0.3 is 0 Å². The Balaban J connectivity index is 1.68. The van der Waals surface area contributed by atoms with E-state index in [1.807, 2.05) is 30.5 Å². The van der Waals surface area contributed by atoms with E-state index in [4.69, 9.17) is 14.7 Å². The number of methoxy groups -OCH3 is 1. The normalized spacial score (nSPS) is 14.1. The molecule has 0 saturated heterocycles. The fraction of sp³-hybridized carbons (Fsp3) is 0.346. The molecule has 1 N–H and O–H groups in total. The van der Waals surface area contributed by atoms with Gasteiger partial charge in [0.25, 0.3) is 0 Å². The highest BCUT2D eigenvalue weighted by Gasteiger charge is 2.22. The van der Waals surface area contributed by atoms with Crippen LogP contribution >= 0.6 is 0 Å². The maximum absolute atomic E-state index is 5.42. The van der Waals surface area contributed by atoms with Crippen LogP contribution in [0.15, 0.2) is 64.2 Å². The van der Waals surface area contributed by atoms with Crippen molar-refractivity contribution in [3.05, 3.63) is 65.4 Å². The first-order valence-corrected chi connectivity index (χ1v) is 11.2. The highest BCUT2D eigenvalue weighted by Crippen LogP contribution is 2.28. The van der Waals surface area contributed by atoms with E-state index in [-0.39, 0.29) is 0 Å². The average molecular weight is 430 g/mol. The van der Waals surface area contributed by atoms with Gasteiger partial charge in [-0.1, -0.05) is 25.0 Å². The SMILES string of the molecule is CCCCC(=NC(C=C(C)C)=Nc1ccc2[nH]ncc2c1)N1Cc2ccc(OC)cc2C1. The molecule has 0 bridgehead atoms. The molecule has 0 spiro atoms. The number of ether oxygens (including phenoxy) is 1. The van der Waals surface area contributed by atoms with Crippen LogP contribution in [0.3, 0.4) is 0 Å². The lowest BCUT2D eigenvalue weighted by Gasteiger charge is -2.20. The Morgan fingerprint density at radius 2 is 2.00 bits per heavy atom. The van der Waals surface area contributed by atoms with E-state index in [2.05, 4.69) is 54.1 Å². The third-order valence-electron chi connectivity index (χ3n) is 5.58. The second-order valence-corrected chi connectivity index (χ2v) is 8.46. The van der Waals surface area contributed by atoms with Crippen LogP contribution in [0.4, 0.5) is 5.69 Å². The van der Waals surface area contributed by atoms with E-state index in [1.54, 1.807) is 7.11 Å². The molecule has 0 atom stereocenters. The lowest BCUT2D eigenvalue weighted by Crippen LogP contribution is -2.26. The van der Waals surface area contributed by atoms with Gasteiger partial charge in [-0.2, -0.15) is 5.10 Å². The van der Waals surface area contributed by atoms with Crippen LogP contribution in [-0.2, 0) is 13.1 Å². The van der Waals surface area contributed by atoms with Gasteiger partial charge in [0.15, 0.2) is 5.84 Å². The Kier molecular flexibility index (Phi) is 6.69. The topological polar surface area (TPSA) is 65.9 Å². The molecule has 32 heavy (non-hydrogen) atoms. The number of hydrogen-bond donors (Lipinski definition) is 1. The van der Waals surface area contributed by atoms with Crippen LogP contribution in [0, 0.1) is 0 Å². The van der Waals surface area contributed by atoms with Gasteiger partial charge in [-0.15, -0.1) is 0 Å². The maximum atomic E-state index is 5.42. The molecule has 0 saturated carbocycles. The lowest BCUT2D eigenvalue weighted by atomic mass is 10.1. The predicted octanol–water partition coefficient (Wildman–Crippen LogP) is 6.17. The quantitative estimate of drug-likeness (QED) is 0.376. The third kappa shape index (κ3) is 5.07. The standard InChI is InChI=1S/C26H31N5O/c1-5-6-7-26(31-16-19-8-10-23(32-4)14-21(19)17-31)29-25(12-18(2)3)28-22-9-11-24-20(13-22)15-27-30-24/h8-15H,5-7,16-17H2,1-4H3,(H,27,30). The molecule has 4 rings (SSSR count). The van der Waals surface area contributed by atoms with Crippen LogP contribution < -0.4 is 4.74 Å². The first kappa shape index (κ1) is 21.8. The minimum Gasteiger partial charge on any atom is -0.497 e. The van der Waals surface area contributed by atoms with Crippen molar-refractivity contribution in [2.75, 3.05) is 7.11 Å². The Hall–Kier alpha value is -3.41. The summed E-state index contributed by atoms with van der Waals surface area (Å²) in [5, 5.41) is 8.14. The van der Waals surface area contributed by atoms with Gasteiger partial charge in [-0.05, 0) is 67.8 Å². The largest absolute Gasteiger partial charge is 0.497 e. The molecule has 166 valence electrons. The van der Waals surface area contributed by atoms with Gasteiger partial charge < -0.3 is 9.64 Å². The maximum Gasteiger partial charge on any atom is 0.154 e. The van der Waals surface area contributed by atoms with E-state index in [1.165, 1.54) is 16.7 Å². The van der Waals surface area contributed by atoms with Gasteiger partial charge in [0.1, 0.15) is 11.6 Å². The number of aromatic amines is 1. The molecule has 1 aliphatic heterocycles. The van der Waals surface area contributed by atoms with Crippen molar-refractivity contribution < 1.29 is 4.74 Å². The summed E-state index contributed by atoms with van der Waals surface area (Å²) < 4.78 is 5.42. The second kappa shape index (κ2) is 9.81. The zero-order chi connectivity index (χ0) is 22.5. The lowest BCUT2D eigenvalue weighted by molar-refractivity contribution is 0.413. The number of amidine groups is 2. The van der Waals surface area contributed by atoms with E-state index in [0.717, 1.165) is 66.4 Å². The van der Waals surface area contributed by atoms with Crippen molar-refractivity contribution in [2.45, 2.75) is 53.1 Å². The molecule has 6 heteroatoms. The highest BCUT2D eigenvalue weighted by atomic mass is 16.5. The molecule has 0 radical (unpaired) electrons. The minimum absolute atomic E-state index is 0.729. The van der Waals surface area contributed by atoms with Gasteiger partial charge in [0.05, 0.1) is 24.5 Å². The van der Waals surface area contributed by atoms with E-state index in [9.17, 15) is 0 Å². The van der Waals surface area contributed by atoms with Gasteiger partial charge in [-0.3, -0.25) is 5.10 Å². The molecular weight excluding hydrogens is 398 g/mol. The van der Waals surface area contributed by atoms with E-state index < -0.39 is 0 Å². The summed E-state index contributed by atoms with van der Waals surface area (Å²) in [7, 11) is 1.71. The number of fused-ring (bicyclic) bond motifs is 2. The van der Waals surface area contributed by atoms with Gasteiger partial charge in [0.2, 0.25) is 0 Å². The van der Waals surface area contributed by atoms with Crippen molar-refractivity contribution >= 4 is 28.3 Å². The number of nitrogens with zero attached hydrogens (tertiary/aromatic N) is 4. The Morgan fingerprint density at radius 1 is 1.16 bits per heavy atom. The number of hydrogen-bond acceptors (Lipinski definition) is 3. The van der Waals surface area contributed by atoms with Crippen LogP contribution in [0.2, 0.25) is 0 Å². The summed E-state index contributed by atoms with van der Waals surface area (Å²) in [5.41, 5.74) is 5.69. The fourth-order valence-electron chi connectivity index (χ4n) is 3.91. The Labute approximate surface area is 189 Å². The number of nitrogens with one attached hydrogen (secondary N) is 1. The molecule has 2 heterocycles. The number of allylic oxidation sites excluding steroid dienone is 1. The van der Waals surface area contributed by atoms with Crippen molar-refractivity contribution in [1.82, 2.24) is 15.1 Å². The molecular formula is C26H31N5O. The number of rotatable bonds is 6. The summed E-state index contributed by atoms with van der Waals surface area (Å²) in [6, 6.07) is 12.4. The molecule has 0 aliphatic carbocycles. The zero-order valence-corrected chi connectivity index (χ0v) is 19.4. The van der Waals surface area contributed by atoms with Crippen LogP contribution in [0.25, 0.3) is 10.9 Å².